The first kappa shape index (κ1) is 10.2. The molecule has 1 saturated heterocycles. The van der Waals surface area contributed by atoms with E-state index in [0.717, 1.165) is 30.8 Å². The van der Waals surface area contributed by atoms with Crippen LogP contribution >= 0.6 is 0 Å². The number of carbonyl (C=O) groups excluding carboxylic acids is 1. The van der Waals surface area contributed by atoms with E-state index in [2.05, 4.69) is 10.6 Å². The van der Waals surface area contributed by atoms with Gasteiger partial charge in [0, 0.05) is 12.2 Å². The van der Waals surface area contributed by atoms with Crippen molar-refractivity contribution in [3.8, 4) is 0 Å². The van der Waals surface area contributed by atoms with E-state index >= 15 is 0 Å². The number of amides is 1. The van der Waals surface area contributed by atoms with Crippen molar-refractivity contribution in [3.05, 3.63) is 29.8 Å². The summed E-state index contributed by atoms with van der Waals surface area (Å²) in [7, 11) is 0. The molecule has 1 heterocycles. The average Bonchev–Trinajstić information content (AvgIpc) is 2.70. The number of anilines is 1. The Morgan fingerprint density at radius 2 is 2.40 bits per heavy atom. The number of aryl methyl sites for hydroxylation is 1. The van der Waals surface area contributed by atoms with E-state index in [-0.39, 0.29) is 11.8 Å². The lowest BCUT2D eigenvalue weighted by atomic mass is 10.1. The minimum atomic E-state index is 0.130. The maximum Gasteiger partial charge on any atom is 0.228 e. The van der Waals surface area contributed by atoms with Gasteiger partial charge in [0.15, 0.2) is 0 Å². The number of rotatable bonds is 2. The second-order valence-corrected chi connectivity index (χ2v) is 4.05. The van der Waals surface area contributed by atoms with Crippen LogP contribution in [0.25, 0.3) is 0 Å². The van der Waals surface area contributed by atoms with E-state index < -0.39 is 0 Å². The fourth-order valence-corrected chi connectivity index (χ4v) is 1.85. The summed E-state index contributed by atoms with van der Waals surface area (Å²) in [5, 5.41) is 6.14. The van der Waals surface area contributed by atoms with Gasteiger partial charge in [0.05, 0.1) is 5.92 Å². The Labute approximate surface area is 89.9 Å². The van der Waals surface area contributed by atoms with Crippen LogP contribution in [0.15, 0.2) is 24.3 Å². The van der Waals surface area contributed by atoms with Crippen molar-refractivity contribution >= 4 is 11.6 Å². The zero-order valence-electron chi connectivity index (χ0n) is 8.92. The molecule has 1 aliphatic rings. The van der Waals surface area contributed by atoms with Gasteiger partial charge in [0.2, 0.25) is 5.91 Å². The predicted molar refractivity (Wildman–Crippen MR) is 60.8 cm³/mol. The largest absolute Gasteiger partial charge is 0.326 e. The first-order valence-electron chi connectivity index (χ1n) is 5.34. The van der Waals surface area contributed by atoms with Crippen LogP contribution in [0.1, 0.15) is 12.0 Å². The van der Waals surface area contributed by atoms with E-state index in [4.69, 9.17) is 0 Å². The van der Waals surface area contributed by atoms with E-state index in [1.54, 1.807) is 0 Å². The maximum absolute atomic E-state index is 11.8. The molecular weight excluding hydrogens is 188 g/mol. The SMILES string of the molecule is Cc1cccc(NC(=O)C2CCNC2)c1. The summed E-state index contributed by atoms with van der Waals surface area (Å²) in [5.41, 5.74) is 2.06. The van der Waals surface area contributed by atoms with Gasteiger partial charge in [-0.25, -0.2) is 0 Å². The zero-order valence-corrected chi connectivity index (χ0v) is 8.92. The van der Waals surface area contributed by atoms with Crippen LogP contribution in [0.3, 0.4) is 0 Å². The lowest BCUT2D eigenvalue weighted by Gasteiger charge is -2.10. The number of hydrogen-bond acceptors (Lipinski definition) is 2. The van der Waals surface area contributed by atoms with E-state index in [9.17, 15) is 4.79 Å². The molecule has 3 heteroatoms. The molecule has 1 atom stereocenters. The van der Waals surface area contributed by atoms with E-state index in [1.807, 2.05) is 31.2 Å². The highest BCUT2D eigenvalue weighted by Crippen LogP contribution is 2.14. The van der Waals surface area contributed by atoms with Crippen LogP contribution in [0.2, 0.25) is 0 Å². The van der Waals surface area contributed by atoms with Crippen molar-refractivity contribution in [1.29, 1.82) is 0 Å². The highest BCUT2D eigenvalue weighted by Gasteiger charge is 2.22. The molecule has 0 radical (unpaired) electrons. The maximum atomic E-state index is 11.8. The Hall–Kier alpha value is -1.35. The molecule has 0 aromatic heterocycles. The third-order valence-electron chi connectivity index (χ3n) is 2.72. The fourth-order valence-electron chi connectivity index (χ4n) is 1.85. The summed E-state index contributed by atoms with van der Waals surface area (Å²) in [5.74, 6) is 0.260. The van der Waals surface area contributed by atoms with Gasteiger partial charge >= 0.3 is 0 Å². The average molecular weight is 204 g/mol. The number of nitrogens with one attached hydrogen (secondary N) is 2. The Bertz CT molecular complexity index is 356. The molecule has 2 rings (SSSR count). The predicted octanol–water partition coefficient (Wildman–Crippen LogP) is 1.54. The molecule has 0 spiro atoms. The van der Waals surface area contributed by atoms with E-state index in [1.165, 1.54) is 0 Å². The second kappa shape index (κ2) is 4.45. The van der Waals surface area contributed by atoms with Crippen molar-refractivity contribution in [2.75, 3.05) is 18.4 Å². The molecule has 15 heavy (non-hydrogen) atoms. The lowest BCUT2D eigenvalue weighted by molar-refractivity contribution is -0.119. The van der Waals surface area contributed by atoms with Crippen molar-refractivity contribution in [2.45, 2.75) is 13.3 Å². The zero-order chi connectivity index (χ0) is 10.7. The summed E-state index contributed by atoms with van der Waals surface area (Å²) >= 11 is 0. The standard InChI is InChI=1S/C12H16N2O/c1-9-3-2-4-11(7-9)14-12(15)10-5-6-13-8-10/h2-4,7,10,13H,5-6,8H2,1H3,(H,14,15). The normalized spacial score (nSPS) is 20.2. The molecule has 2 N–H and O–H groups in total. The van der Waals surface area contributed by atoms with Crippen molar-refractivity contribution in [3.63, 3.8) is 0 Å². The Kier molecular flexibility index (Phi) is 3.02. The molecule has 80 valence electrons. The smallest absolute Gasteiger partial charge is 0.228 e. The van der Waals surface area contributed by atoms with Crippen LogP contribution in [-0.2, 0) is 4.79 Å². The lowest BCUT2D eigenvalue weighted by Crippen LogP contribution is -2.24. The molecule has 1 amide bonds. The monoisotopic (exact) mass is 204 g/mol. The topological polar surface area (TPSA) is 41.1 Å². The number of benzene rings is 1. The molecule has 3 nitrogen and oxygen atoms in total. The summed E-state index contributed by atoms with van der Waals surface area (Å²) in [6, 6.07) is 7.89. The number of hydrogen-bond donors (Lipinski definition) is 2. The highest BCUT2D eigenvalue weighted by molar-refractivity contribution is 5.92. The molecule has 1 unspecified atom stereocenters. The van der Waals surface area contributed by atoms with Gasteiger partial charge in [-0.05, 0) is 37.6 Å². The summed E-state index contributed by atoms with van der Waals surface area (Å²) < 4.78 is 0. The molecule has 1 aliphatic heterocycles. The van der Waals surface area contributed by atoms with Crippen LogP contribution in [0.4, 0.5) is 5.69 Å². The summed E-state index contributed by atoms with van der Waals surface area (Å²) in [6.07, 6.45) is 0.942. The third-order valence-corrected chi connectivity index (χ3v) is 2.72. The van der Waals surface area contributed by atoms with Gasteiger partial charge in [-0.2, -0.15) is 0 Å². The number of carbonyl (C=O) groups is 1. The molecule has 0 aliphatic carbocycles. The van der Waals surface area contributed by atoms with Gasteiger partial charge in [0.25, 0.3) is 0 Å². The quantitative estimate of drug-likeness (QED) is 0.767. The van der Waals surface area contributed by atoms with Gasteiger partial charge in [-0.3, -0.25) is 4.79 Å². The van der Waals surface area contributed by atoms with Gasteiger partial charge in [-0.15, -0.1) is 0 Å². The van der Waals surface area contributed by atoms with Gasteiger partial charge in [0.1, 0.15) is 0 Å². The molecule has 1 fully saturated rings. The first-order valence-corrected chi connectivity index (χ1v) is 5.34. The van der Waals surface area contributed by atoms with E-state index in [0.29, 0.717) is 0 Å². The molecule has 0 saturated carbocycles. The Morgan fingerprint density at radius 3 is 3.07 bits per heavy atom. The van der Waals surface area contributed by atoms with Gasteiger partial charge in [-0.1, -0.05) is 12.1 Å². The summed E-state index contributed by atoms with van der Waals surface area (Å²) in [4.78, 5) is 11.8. The highest BCUT2D eigenvalue weighted by atomic mass is 16.1. The van der Waals surface area contributed by atoms with Crippen LogP contribution in [-0.4, -0.2) is 19.0 Å². The minimum Gasteiger partial charge on any atom is -0.326 e. The molecule has 0 bridgehead atoms. The van der Waals surface area contributed by atoms with Gasteiger partial charge < -0.3 is 10.6 Å². The van der Waals surface area contributed by atoms with Crippen LogP contribution in [0.5, 0.6) is 0 Å². The Morgan fingerprint density at radius 1 is 1.53 bits per heavy atom. The molecule has 1 aromatic carbocycles. The fraction of sp³-hybridized carbons (Fsp3) is 0.417. The van der Waals surface area contributed by atoms with Crippen molar-refractivity contribution < 1.29 is 4.79 Å². The minimum absolute atomic E-state index is 0.130. The second-order valence-electron chi connectivity index (χ2n) is 4.05. The summed E-state index contributed by atoms with van der Waals surface area (Å²) in [6.45, 7) is 3.77. The van der Waals surface area contributed by atoms with Crippen molar-refractivity contribution in [1.82, 2.24) is 5.32 Å². The van der Waals surface area contributed by atoms with Crippen LogP contribution in [0, 0.1) is 12.8 Å². The van der Waals surface area contributed by atoms with Crippen LogP contribution < -0.4 is 10.6 Å². The Balaban J connectivity index is 1.99. The molecule has 1 aromatic rings. The first-order chi connectivity index (χ1) is 7.25. The molecular formula is C12H16N2O. The third kappa shape index (κ3) is 2.57. The van der Waals surface area contributed by atoms with Crippen molar-refractivity contribution in [2.24, 2.45) is 5.92 Å².